The molecule has 0 spiro atoms. The Morgan fingerprint density at radius 2 is 1.83 bits per heavy atom. The molecule has 5 aromatic rings. The number of hydrogen-bond acceptors (Lipinski definition) is 4. The van der Waals surface area contributed by atoms with Crippen molar-refractivity contribution < 1.29 is 18.0 Å². The molecule has 2 aromatic carbocycles. The van der Waals surface area contributed by atoms with Crippen molar-refractivity contribution >= 4 is 38.3 Å². The number of hydrogen-bond donors (Lipinski definition) is 0. The van der Waals surface area contributed by atoms with Crippen LogP contribution in [0.2, 0.25) is 0 Å². The van der Waals surface area contributed by atoms with Gasteiger partial charge in [0, 0.05) is 25.2 Å². The summed E-state index contributed by atoms with van der Waals surface area (Å²) in [4.78, 5) is 18.9. The van der Waals surface area contributed by atoms with Gasteiger partial charge in [-0.1, -0.05) is 36.4 Å². The lowest BCUT2D eigenvalue weighted by molar-refractivity contribution is -0.142. The van der Waals surface area contributed by atoms with Crippen molar-refractivity contribution in [2.75, 3.05) is 7.05 Å². The first-order valence-electron chi connectivity index (χ1n) is 11.1. The number of halogens is 4. The first-order valence-corrected chi connectivity index (χ1v) is 11.9. The predicted octanol–water partition coefficient (Wildman–Crippen LogP) is 5.82. The van der Waals surface area contributed by atoms with Crippen LogP contribution in [-0.4, -0.2) is 42.2 Å². The highest BCUT2D eigenvalue weighted by Gasteiger charge is 2.36. The van der Waals surface area contributed by atoms with Crippen LogP contribution in [0.5, 0.6) is 0 Å². The lowest BCUT2D eigenvalue weighted by Gasteiger charge is -2.17. The molecule has 1 amide bonds. The van der Waals surface area contributed by atoms with Crippen LogP contribution in [0.1, 0.15) is 28.8 Å². The van der Waals surface area contributed by atoms with Gasteiger partial charge >= 0.3 is 6.18 Å². The van der Waals surface area contributed by atoms with Crippen molar-refractivity contribution in [3.05, 3.63) is 82.3 Å². The molecule has 5 rings (SSSR count). The number of aromatic nitrogens is 5. The summed E-state index contributed by atoms with van der Waals surface area (Å²) in [5.74, 6) is -0.531. The van der Waals surface area contributed by atoms with Crippen molar-refractivity contribution in [2.45, 2.75) is 26.2 Å². The SMILES string of the molecule is CCn1ncc(Br)c1CN(C)C(=O)c1cc2nc(-c3ccc4ccccc4c3)cc(C(F)(F)F)n2n1. The Balaban J connectivity index is 1.55. The van der Waals surface area contributed by atoms with Gasteiger partial charge in [-0.15, -0.1) is 0 Å². The Labute approximate surface area is 212 Å². The normalized spacial score (nSPS) is 11.9. The Hall–Kier alpha value is -3.73. The highest BCUT2D eigenvalue weighted by atomic mass is 79.9. The van der Waals surface area contributed by atoms with Gasteiger partial charge in [0.2, 0.25) is 0 Å². The molecule has 7 nitrogen and oxygen atoms in total. The predicted molar refractivity (Wildman–Crippen MR) is 132 cm³/mol. The highest BCUT2D eigenvalue weighted by molar-refractivity contribution is 9.10. The summed E-state index contributed by atoms with van der Waals surface area (Å²) in [7, 11) is 1.56. The number of carbonyl (C=O) groups is 1. The fourth-order valence-corrected chi connectivity index (χ4v) is 4.51. The van der Waals surface area contributed by atoms with Crippen molar-refractivity contribution in [3.8, 4) is 11.3 Å². The molecule has 0 bridgehead atoms. The zero-order valence-electron chi connectivity index (χ0n) is 19.3. The molecule has 0 aliphatic rings. The van der Waals surface area contributed by atoms with E-state index < -0.39 is 17.8 Å². The second kappa shape index (κ2) is 9.05. The minimum atomic E-state index is -4.70. The van der Waals surface area contributed by atoms with Gasteiger partial charge < -0.3 is 4.90 Å². The molecule has 184 valence electrons. The zero-order chi connectivity index (χ0) is 25.6. The summed E-state index contributed by atoms with van der Waals surface area (Å²) in [6.07, 6.45) is -3.07. The van der Waals surface area contributed by atoms with E-state index >= 15 is 0 Å². The molecule has 0 saturated carbocycles. The summed E-state index contributed by atoms with van der Waals surface area (Å²) in [5, 5.41) is 10.1. The number of fused-ring (bicyclic) bond motifs is 2. The van der Waals surface area contributed by atoms with Crippen LogP contribution in [-0.2, 0) is 19.3 Å². The largest absolute Gasteiger partial charge is 0.433 e. The van der Waals surface area contributed by atoms with Gasteiger partial charge in [-0.2, -0.15) is 23.4 Å². The molecule has 0 fully saturated rings. The maximum absolute atomic E-state index is 14.0. The van der Waals surface area contributed by atoms with E-state index in [0.717, 1.165) is 27.0 Å². The number of amides is 1. The smallest absolute Gasteiger partial charge is 0.334 e. The van der Waals surface area contributed by atoms with E-state index in [1.54, 1.807) is 30.1 Å². The first-order chi connectivity index (χ1) is 17.2. The number of aryl methyl sites for hydroxylation is 1. The van der Waals surface area contributed by atoms with E-state index in [9.17, 15) is 18.0 Å². The van der Waals surface area contributed by atoms with Crippen LogP contribution < -0.4 is 0 Å². The van der Waals surface area contributed by atoms with E-state index in [2.05, 4.69) is 31.1 Å². The van der Waals surface area contributed by atoms with Gasteiger partial charge in [0.1, 0.15) is 0 Å². The van der Waals surface area contributed by atoms with Crippen LogP contribution in [0.3, 0.4) is 0 Å². The molecule has 11 heteroatoms. The van der Waals surface area contributed by atoms with Gasteiger partial charge in [-0.3, -0.25) is 9.48 Å². The van der Waals surface area contributed by atoms with Gasteiger partial charge in [0.05, 0.1) is 28.6 Å². The van der Waals surface area contributed by atoms with Crippen molar-refractivity contribution in [1.29, 1.82) is 0 Å². The zero-order valence-corrected chi connectivity index (χ0v) is 20.9. The van der Waals surface area contributed by atoms with Crippen LogP contribution >= 0.6 is 15.9 Å². The molecule has 0 unspecified atom stereocenters. The van der Waals surface area contributed by atoms with E-state index in [1.165, 1.54) is 11.0 Å². The third kappa shape index (κ3) is 4.34. The third-order valence-corrected chi connectivity index (χ3v) is 6.58. The van der Waals surface area contributed by atoms with Gasteiger partial charge in [0.25, 0.3) is 5.91 Å². The number of carbonyl (C=O) groups excluding carboxylic acids is 1. The number of nitrogens with zero attached hydrogens (tertiary/aromatic N) is 6. The molecule has 0 saturated heterocycles. The quantitative estimate of drug-likeness (QED) is 0.273. The topological polar surface area (TPSA) is 68.3 Å². The maximum atomic E-state index is 14.0. The summed E-state index contributed by atoms with van der Waals surface area (Å²) < 4.78 is 45.2. The average Bonchev–Trinajstić information content (AvgIpc) is 3.45. The van der Waals surface area contributed by atoms with Crippen LogP contribution in [0.25, 0.3) is 27.7 Å². The lowest BCUT2D eigenvalue weighted by Crippen LogP contribution is -2.28. The Morgan fingerprint density at radius 3 is 2.56 bits per heavy atom. The van der Waals surface area contributed by atoms with E-state index in [-0.39, 0.29) is 23.6 Å². The highest BCUT2D eigenvalue weighted by Crippen LogP contribution is 2.33. The minimum Gasteiger partial charge on any atom is -0.334 e. The fourth-order valence-electron chi connectivity index (χ4n) is 4.09. The summed E-state index contributed by atoms with van der Waals surface area (Å²) in [6, 6.07) is 15.2. The average molecular weight is 557 g/mol. The monoisotopic (exact) mass is 556 g/mol. The third-order valence-electron chi connectivity index (χ3n) is 5.91. The van der Waals surface area contributed by atoms with Gasteiger partial charge in [-0.25, -0.2) is 9.50 Å². The van der Waals surface area contributed by atoms with Crippen molar-refractivity contribution in [3.63, 3.8) is 0 Å². The van der Waals surface area contributed by atoms with E-state index in [4.69, 9.17) is 0 Å². The van der Waals surface area contributed by atoms with E-state index in [1.807, 2.05) is 37.3 Å². The van der Waals surface area contributed by atoms with Crippen LogP contribution in [0.15, 0.2) is 65.3 Å². The lowest BCUT2D eigenvalue weighted by atomic mass is 10.0. The van der Waals surface area contributed by atoms with Crippen LogP contribution in [0.4, 0.5) is 13.2 Å². The number of rotatable bonds is 5. The molecule has 0 atom stereocenters. The first kappa shape index (κ1) is 24.0. The fraction of sp³-hybridized carbons (Fsp3) is 0.200. The molecule has 0 radical (unpaired) electrons. The van der Waals surface area contributed by atoms with Crippen molar-refractivity contribution in [1.82, 2.24) is 29.3 Å². The molecule has 36 heavy (non-hydrogen) atoms. The molecular weight excluding hydrogens is 537 g/mol. The summed E-state index contributed by atoms with van der Waals surface area (Å²) >= 11 is 3.42. The second-order valence-corrected chi connectivity index (χ2v) is 9.16. The summed E-state index contributed by atoms with van der Waals surface area (Å²) in [6.45, 7) is 2.72. The molecule has 0 aliphatic heterocycles. The van der Waals surface area contributed by atoms with E-state index in [0.29, 0.717) is 16.6 Å². The molecule has 0 aliphatic carbocycles. The van der Waals surface area contributed by atoms with Gasteiger partial charge in [0.15, 0.2) is 17.0 Å². The Bertz CT molecular complexity index is 1610. The Kier molecular flexibility index (Phi) is 6.03. The number of alkyl halides is 3. The maximum Gasteiger partial charge on any atom is 0.433 e. The molecular formula is C25H20BrF3N6O. The molecule has 3 aromatic heterocycles. The molecule has 0 N–H and O–H groups in total. The summed E-state index contributed by atoms with van der Waals surface area (Å²) in [5.41, 5.74) is 0.234. The van der Waals surface area contributed by atoms with Crippen LogP contribution in [0, 0.1) is 0 Å². The van der Waals surface area contributed by atoms with Crippen molar-refractivity contribution in [2.24, 2.45) is 0 Å². The molecule has 3 heterocycles. The second-order valence-electron chi connectivity index (χ2n) is 8.30. The standard InChI is InChI=1S/C25H20BrF3N6O/c1-3-34-21(18(26)13-30-34)14-33(2)24(36)20-12-23-31-19(11-22(25(27,28)29)35(23)32-20)17-9-8-15-6-4-5-7-16(15)10-17/h4-13H,3,14H2,1-2H3. The van der Waals surface area contributed by atoms with Gasteiger partial charge in [-0.05, 0) is 45.8 Å². The Morgan fingerprint density at radius 1 is 1.08 bits per heavy atom. The number of benzene rings is 2. The minimum absolute atomic E-state index is 0.0653.